The summed E-state index contributed by atoms with van der Waals surface area (Å²) in [4.78, 5) is 28.5. The SMILES string of the molecule is C=C[C@H]1Nc2cc(Br)cnc2NC(=O)[C@H]1NC(=O)OC(C)(C)C. The zero-order chi connectivity index (χ0) is 17.2. The smallest absolute Gasteiger partial charge is 0.408 e. The molecule has 7 nitrogen and oxygen atoms in total. The van der Waals surface area contributed by atoms with E-state index in [1.165, 1.54) is 0 Å². The van der Waals surface area contributed by atoms with Crippen LogP contribution in [0.2, 0.25) is 0 Å². The van der Waals surface area contributed by atoms with E-state index >= 15 is 0 Å². The Morgan fingerprint density at radius 1 is 1.52 bits per heavy atom. The van der Waals surface area contributed by atoms with Gasteiger partial charge in [-0.1, -0.05) is 6.08 Å². The Bertz CT molecular complexity index is 642. The molecule has 1 aliphatic rings. The number of anilines is 2. The van der Waals surface area contributed by atoms with Gasteiger partial charge in [-0.3, -0.25) is 4.79 Å². The lowest BCUT2D eigenvalue weighted by molar-refractivity contribution is -0.118. The molecule has 2 atom stereocenters. The van der Waals surface area contributed by atoms with Crippen molar-refractivity contribution in [2.24, 2.45) is 0 Å². The van der Waals surface area contributed by atoms with Gasteiger partial charge in [-0.15, -0.1) is 6.58 Å². The van der Waals surface area contributed by atoms with Gasteiger partial charge in [0.2, 0.25) is 0 Å². The Kier molecular flexibility index (Phi) is 4.93. The molecule has 3 N–H and O–H groups in total. The molecule has 0 aromatic carbocycles. The van der Waals surface area contributed by atoms with Crippen molar-refractivity contribution in [3.63, 3.8) is 0 Å². The highest BCUT2D eigenvalue weighted by molar-refractivity contribution is 9.10. The summed E-state index contributed by atoms with van der Waals surface area (Å²) in [7, 11) is 0. The summed E-state index contributed by atoms with van der Waals surface area (Å²) in [6, 6.07) is 0.393. The number of hydrogen-bond acceptors (Lipinski definition) is 5. The topological polar surface area (TPSA) is 92.4 Å². The predicted octanol–water partition coefficient (Wildman–Crippen LogP) is 2.66. The van der Waals surface area contributed by atoms with Crippen molar-refractivity contribution >= 4 is 39.4 Å². The Balaban J connectivity index is 2.22. The molecule has 0 spiro atoms. The molecular weight excluding hydrogens is 364 g/mol. The van der Waals surface area contributed by atoms with Crippen molar-refractivity contribution in [1.82, 2.24) is 10.3 Å². The van der Waals surface area contributed by atoms with Crippen LogP contribution in [-0.4, -0.2) is 34.7 Å². The summed E-state index contributed by atoms with van der Waals surface area (Å²) >= 11 is 3.33. The third-order valence-corrected chi connectivity index (χ3v) is 3.42. The lowest BCUT2D eigenvalue weighted by atomic mass is 10.1. The highest BCUT2D eigenvalue weighted by Crippen LogP contribution is 2.27. The molecule has 1 aliphatic heterocycles. The van der Waals surface area contributed by atoms with E-state index in [-0.39, 0.29) is 0 Å². The number of nitrogens with one attached hydrogen (secondary N) is 3. The fourth-order valence-electron chi connectivity index (χ4n) is 2.05. The number of halogens is 1. The van der Waals surface area contributed by atoms with Crippen molar-refractivity contribution in [2.75, 3.05) is 10.6 Å². The van der Waals surface area contributed by atoms with E-state index in [4.69, 9.17) is 4.74 Å². The maximum absolute atomic E-state index is 12.4. The van der Waals surface area contributed by atoms with E-state index < -0.39 is 29.7 Å². The highest BCUT2D eigenvalue weighted by atomic mass is 79.9. The van der Waals surface area contributed by atoms with E-state index in [0.717, 1.165) is 4.47 Å². The molecule has 0 aliphatic carbocycles. The first-order chi connectivity index (χ1) is 10.7. The lowest BCUT2D eigenvalue weighted by Gasteiger charge is -2.25. The maximum atomic E-state index is 12.4. The highest BCUT2D eigenvalue weighted by Gasteiger charge is 2.33. The van der Waals surface area contributed by atoms with Gasteiger partial charge < -0.3 is 20.7 Å². The average Bonchev–Trinajstić information content (AvgIpc) is 2.54. The minimum absolute atomic E-state index is 0.388. The van der Waals surface area contributed by atoms with Crippen LogP contribution in [0.1, 0.15) is 20.8 Å². The quantitative estimate of drug-likeness (QED) is 0.683. The fourth-order valence-corrected chi connectivity index (χ4v) is 2.39. The second-order valence-corrected chi connectivity index (χ2v) is 6.98. The second-order valence-electron chi connectivity index (χ2n) is 6.07. The van der Waals surface area contributed by atoms with E-state index in [2.05, 4.69) is 43.4 Å². The number of fused-ring (bicyclic) bond motifs is 1. The van der Waals surface area contributed by atoms with E-state index in [1.54, 1.807) is 39.1 Å². The van der Waals surface area contributed by atoms with Gasteiger partial charge in [0.05, 0.1) is 11.7 Å². The van der Waals surface area contributed by atoms with Crippen molar-refractivity contribution in [3.8, 4) is 0 Å². The minimum atomic E-state index is -0.879. The van der Waals surface area contributed by atoms with Gasteiger partial charge in [-0.25, -0.2) is 9.78 Å². The molecule has 1 aromatic heterocycles. The number of carbonyl (C=O) groups is 2. The fraction of sp³-hybridized carbons (Fsp3) is 0.400. The molecule has 0 saturated carbocycles. The second kappa shape index (κ2) is 6.57. The standard InChI is InChI=1S/C15H19BrN4O3/c1-5-9-11(19-14(22)23-15(2,3)4)13(21)20-12-10(18-9)6-8(16)7-17-12/h5-7,9,11,18H,1H2,2-4H3,(H,19,22)(H,17,20,21)/t9-,11+/m1/s1. The number of hydrogen-bond donors (Lipinski definition) is 3. The molecular formula is C15H19BrN4O3. The van der Waals surface area contributed by atoms with E-state index in [9.17, 15) is 9.59 Å². The van der Waals surface area contributed by atoms with Crippen LogP contribution in [0.3, 0.4) is 0 Å². The number of ether oxygens (including phenoxy) is 1. The number of rotatable bonds is 2. The maximum Gasteiger partial charge on any atom is 0.408 e. The average molecular weight is 383 g/mol. The van der Waals surface area contributed by atoms with Crippen LogP contribution in [0.4, 0.5) is 16.3 Å². The summed E-state index contributed by atoms with van der Waals surface area (Å²) in [5, 5.41) is 8.38. The third-order valence-electron chi connectivity index (χ3n) is 2.99. The molecule has 0 saturated heterocycles. The summed E-state index contributed by atoms with van der Waals surface area (Å²) in [5.41, 5.74) is -0.0243. The van der Waals surface area contributed by atoms with Crippen molar-refractivity contribution in [2.45, 2.75) is 38.5 Å². The van der Waals surface area contributed by atoms with Gasteiger partial charge >= 0.3 is 6.09 Å². The van der Waals surface area contributed by atoms with Gasteiger partial charge in [-0.05, 0) is 42.8 Å². The van der Waals surface area contributed by atoms with Crippen LogP contribution in [0.15, 0.2) is 29.4 Å². The van der Waals surface area contributed by atoms with Gasteiger partial charge in [0.15, 0.2) is 5.82 Å². The van der Waals surface area contributed by atoms with Crippen LogP contribution in [0.25, 0.3) is 0 Å². The Labute approximate surface area is 143 Å². The number of alkyl carbamates (subject to hydrolysis) is 1. The lowest BCUT2D eigenvalue weighted by Crippen LogP contribution is -2.52. The normalized spacial score (nSPS) is 20.4. The molecule has 1 aromatic rings. The van der Waals surface area contributed by atoms with Crippen LogP contribution in [0.5, 0.6) is 0 Å². The molecule has 0 fully saturated rings. The third kappa shape index (κ3) is 4.44. The summed E-state index contributed by atoms with van der Waals surface area (Å²) < 4.78 is 5.97. The molecule has 0 bridgehead atoms. The molecule has 2 rings (SSSR count). The van der Waals surface area contributed by atoms with Crippen molar-refractivity contribution in [3.05, 3.63) is 29.4 Å². The van der Waals surface area contributed by atoms with Gasteiger partial charge in [0, 0.05) is 10.7 Å². The van der Waals surface area contributed by atoms with Crippen molar-refractivity contribution in [1.29, 1.82) is 0 Å². The van der Waals surface area contributed by atoms with Crippen LogP contribution < -0.4 is 16.0 Å². The van der Waals surface area contributed by atoms with E-state index in [0.29, 0.717) is 11.5 Å². The van der Waals surface area contributed by atoms with Crippen LogP contribution in [0, 0.1) is 0 Å². The summed E-state index contributed by atoms with van der Waals surface area (Å²) in [6.45, 7) is 8.97. The number of carbonyl (C=O) groups excluding carboxylic acids is 2. The van der Waals surface area contributed by atoms with Gasteiger partial charge in [0.1, 0.15) is 11.6 Å². The molecule has 0 unspecified atom stereocenters. The monoisotopic (exact) mass is 382 g/mol. The Hall–Kier alpha value is -2.09. The van der Waals surface area contributed by atoms with Crippen LogP contribution in [-0.2, 0) is 9.53 Å². The molecule has 23 heavy (non-hydrogen) atoms. The number of nitrogens with zero attached hydrogens (tertiary/aromatic N) is 1. The number of amides is 2. The van der Waals surface area contributed by atoms with Crippen LogP contribution >= 0.6 is 15.9 Å². The summed E-state index contributed by atoms with van der Waals surface area (Å²) in [6.07, 6.45) is 2.45. The van der Waals surface area contributed by atoms with Gasteiger partial charge in [-0.2, -0.15) is 0 Å². The molecule has 124 valence electrons. The first kappa shape index (κ1) is 17.3. The molecule has 2 amide bonds. The van der Waals surface area contributed by atoms with Gasteiger partial charge in [0.25, 0.3) is 5.91 Å². The van der Waals surface area contributed by atoms with E-state index in [1.807, 2.05) is 0 Å². The Morgan fingerprint density at radius 3 is 2.83 bits per heavy atom. The largest absolute Gasteiger partial charge is 0.444 e. The molecule has 0 radical (unpaired) electrons. The number of pyridine rings is 1. The van der Waals surface area contributed by atoms with Crippen molar-refractivity contribution < 1.29 is 14.3 Å². The predicted molar refractivity (Wildman–Crippen MR) is 91.3 cm³/mol. The zero-order valence-electron chi connectivity index (χ0n) is 13.1. The first-order valence-corrected chi connectivity index (χ1v) is 7.84. The Morgan fingerprint density at radius 2 is 2.22 bits per heavy atom. The molecule has 8 heteroatoms. The zero-order valence-corrected chi connectivity index (χ0v) is 14.7. The number of aromatic nitrogens is 1. The summed E-state index contributed by atoms with van der Waals surface area (Å²) in [5.74, 6) is -0.0135. The minimum Gasteiger partial charge on any atom is -0.444 e. The molecule has 2 heterocycles. The first-order valence-electron chi connectivity index (χ1n) is 7.04.